The lowest BCUT2D eigenvalue weighted by Gasteiger charge is -2.33. The van der Waals surface area contributed by atoms with Gasteiger partial charge in [-0.3, -0.25) is 19.0 Å². The van der Waals surface area contributed by atoms with Gasteiger partial charge in [-0.15, -0.1) is 0 Å². The van der Waals surface area contributed by atoms with Gasteiger partial charge in [-0.1, -0.05) is 25.1 Å². The Labute approximate surface area is 152 Å². The van der Waals surface area contributed by atoms with Crippen LogP contribution in [-0.2, 0) is 16.6 Å². The highest BCUT2D eigenvalue weighted by atomic mass is 32.2. The number of hydrogen-bond donors (Lipinski definition) is 1. The highest BCUT2D eigenvalue weighted by molar-refractivity contribution is 8.00. The summed E-state index contributed by atoms with van der Waals surface area (Å²) in [5.41, 5.74) is 5.88. The second-order valence-electron chi connectivity index (χ2n) is 6.47. The summed E-state index contributed by atoms with van der Waals surface area (Å²) < 4.78 is 1.48. The van der Waals surface area contributed by atoms with E-state index >= 15 is 0 Å². The summed E-state index contributed by atoms with van der Waals surface area (Å²) in [7, 11) is 1.67. The Hall–Kier alpha value is -1.83. The zero-order chi connectivity index (χ0) is 18.6. The van der Waals surface area contributed by atoms with Crippen LogP contribution >= 0.6 is 11.8 Å². The fourth-order valence-electron chi connectivity index (χ4n) is 2.94. The molecule has 1 aliphatic heterocycles. The van der Waals surface area contributed by atoms with Crippen LogP contribution in [0.25, 0.3) is 0 Å². The third-order valence-electron chi connectivity index (χ3n) is 4.50. The lowest BCUT2D eigenvalue weighted by molar-refractivity contribution is -0.134. The number of aromatic nitrogens is 2. The number of amides is 2. The molecule has 1 aromatic heterocycles. The second-order valence-corrected chi connectivity index (χ2v) is 7.64. The fourth-order valence-corrected chi connectivity index (χ4v) is 4.25. The normalized spacial score (nSPS) is 16.7. The van der Waals surface area contributed by atoms with Crippen molar-refractivity contribution in [3.63, 3.8) is 0 Å². The van der Waals surface area contributed by atoms with Crippen LogP contribution in [0.1, 0.15) is 38.3 Å². The molecule has 0 bridgehead atoms. The molecule has 2 amide bonds. The van der Waals surface area contributed by atoms with Crippen molar-refractivity contribution < 1.29 is 9.59 Å². The van der Waals surface area contributed by atoms with E-state index in [0.29, 0.717) is 43.2 Å². The molecule has 1 aromatic rings. The quantitative estimate of drug-likeness (QED) is 0.600. The number of hydrogen-bond acceptors (Lipinski definition) is 5. The largest absolute Gasteiger partial charge is 0.369 e. The summed E-state index contributed by atoms with van der Waals surface area (Å²) in [6, 6.07) is 1.48. The first kappa shape index (κ1) is 19.5. The molecule has 2 rings (SSSR count). The predicted molar refractivity (Wildman–Crippen MR) is 97.3 cm³/mol. The molecule has 1 atom stereocenters. The Bertz CT molecular complexity index is 696. The highest BCUT2D eigenvalue weighted by Crippen LogP contribution is 2.27. The Morgan fingerprint density at radius 2 is 2.04 bits per heavy atom. The molecule has 0 saturated carbocycles. The van der Waals surface area contributed by atoms with Gasteiger partial charge in [0.1, 0.15) is 0 Å². The number of likely N-dealkylation sites (tertiary alicyclic amines) is 1. The first-order valence-electron chi connectivity index (χ1n) is 8.63. The molecule has 1 aliphatic rings. The van der Waals surface area contributed by atoms with Gasteiger partial charge in [0, 0.05) is 37.8 Å². The molecule has 1 unspecified atom stereocenters. The first-order valence-corrected chi connectivity index (χ1v) is 9.50. The zero-order valence-electron chi connectivity index (χ0n) is 15.0. The van der Waals surface area contributed by atoms with E-state index in [1.807, 2.05) is 6.92 Å². The highest BCUT2D eigenvalue weighted by Gasteiger charge is 2.30. The number of primary amides is 1. The maximum absolute atomic E-state index is 12.9. The second kappa shape index (κ2) is 8.51. The third-order valence-corrected chi connectivity index (χ3v) is 5.80. The predicted octanol–water partition coefficient (Wildman–Crippen LogP) is 1.07. The molecule has 1 fully saturated rings. The summed E-state index contributed by atoms with van der Waals surface area (Å²) in [4.78, 5) is 42.4. The molecule has 1 saturated heterocycles. The van der Waals surface area contributed by atoms with Gasteiger partial charge >= 0.3 is 0 Å². The van der Waals surface area contributed by atoms with E-state index in [9.17, 15) is 14.4 Å². The van der Waals surface area contributed by atoms with Gasteiger partial charge < -0.3 is 10.6 Å². The number of nitrogens with zero attached hydrogens (tertiary/aromatic N) is 3. The van der Waals surface area contributed by atoms with E-state index in [4.69, 9.17) is 5.73 Å². The molecule has 2 heterocycles. The van der Waals surface area contributed by atoms with Crippen molar-refractivity contribution in [3.05, 3.63) is 22.1 Å². The number of carbonyl (C=O) groups excluding carboxylic acids is 2. The molecule has 0 radical (unpaired) electrons. The zero-order valence-corrected chi connectivity index (χ0v) is 15.8. The van der Waals surface area contributed by atoms with Crippen LogP contribution in [0.4, 0.5) is 0 Å². The van der Waals surface area contributed by atoms with Gasteiger partial charge in [0.05, 0.1) is 5.25 Å². The molecule has 0 aliphatic carbocycles. The number of nitrogens with two attached hydrogens (primary N) is 1. The monoisotopic (exact) mass is 366 g/mol. The molecule has 25 heavy (non-hydrogen) atoms. The van der Waals surface area contributed by atoms with Crippen LogP contribution in [0.15, 0.2) is 16.0 Å². The van der Waals surface area contributed by atoms with E-state index in [1.54, 1.807) is 18.9 Å². The number of thioether (sulfide) groups is 1. The number of piperidine rings is 1. The van der Waals surface area contributed by atoms with Crippen molar-refractivity contribution in [1.82, 2.24) is 14.5 Å². The van der Waals surface area contributed by atoms with E-state index in [-0.39, 0.29) is 28.5 Å². The minimum atomic E-state index is -0.287. The van der Waals surface area contributed by atoms with Crippen molar-refractivity contribution in [1.29, 1.82) is 0 Å². The lowest BCUT2D eigenvalue weighted by Crippen LogP contribution is -2.45. The van der Waals surface area contributed by atoms with Crippen LogP contribution in [-0.4, -0.2) is 44.6 Å². The van der Waals surface area contributed by atoms with Crippen molar-refractivity contribution >= 4 is 23.6 Å². The summed E-state index contributed by atoms with van der Waals surface area (Å²) in [5.74, 6) is -0.378. The van der Waals surface area contributed by atoms with Crippen molar-refractivity contribution in [2.24, 2.45) is 18.7 Å². The van der Waals surface area contributed by atoms with Gasteiger partial charge in [0.2, 0.25) is 11.8 Å². The Morgan fingerprint density at radius 1 is 1.40 bits per heavy atom. The van der Waals surface area contributed by atoms with Gasteiger partial charge in [0.25, 0.3) is 5.56 Å². The maximum Gasteiger partial charge on any atom is 0.254 e. The van der Waals surface area contributed by atoms with Crippen molar-refractivity contribution in [2.75, 3.05) is 13.1 Å². The van der Waals surface area contributed by atoms with Crippen LogP contribution in [0.3, 0.4) is 0 Å². The average molecular weight is 366 g/mol. The SMILES string of the molecule is CCCC(Sc1nc(C)cc(=O)n1C)C(=O)N1CCC(C(N)=O)CC1. The number of rotatable bonds is 6. The molecule has 138 valence electrons. The van der Waals surface area contributed by atoms with Crippen LogP contribution in [0, 0.1) is 12.8 Å². The van der Waals surface area contributed by atoms with E-state index in [2.05, 4.69) is 4.98 Å². The van der Waals surface area contributed by atoms with Crippen LogP contribution in [0.5, 0.6) is 0 Å². The van der Waals surface area contributed by atoms with Crippen molar-refractivity contribution in [3.8, 4) is 0 Å². The first-order chi connectivity index (χ1) is 11.8. The lowest BCUT2D eigenvalue weighted by atomic mass is 9.96. The van der Waals surface area contributed by atoms with Gasteiger partial charge in [-0.2, -0.15) is 0 Å². The van der Waals surface area contributed by atoms with Crippen molar-refractivity contribution in [2.45, 2.75) is 49.9 Å². The smallest absolute Gasteiger partial charge is 0.254 e. The molecule has 2 N–H and O–H groups in total. The van der Waals surface area contributed by atoms with E-state index in [0.717, 1.165) is 6.42 Å². The summed E-state index contributed by atoms with van der Waals surface area (Å²) in [6.45, 7) is 4.90. The number of carbonyl (C=O) groups is 2. The summed E-state index contributed by atoms with van der Waals surface area (Å²) >= 11 is 1.35. The van der Waals surface area contributed by atoms with Gasteiger partial charge in [-0.05, 0) is 26.2 Å². The maximum atomic E-state index is 12.9. The fraction of sp³-hybridized carbons (Fsp3) is 0.647. The Kier molecular flexibility index (Phi) is 6.64. The summed E-state index contributed by atoms with van der Waals surface area (Å²) in [5, 5.41) is 0.277. The average Bonchev–Trinajstić information content (AvgIpc) is 2.58. The summed E-state index contributed by atoms with van der Waals surface area (Å²) in [6.07, 6.45) is 2.81. The molecular weight excluding hydrogens is 340 g/mol. The molecular formula is C17H26N4O3S. The van der Waals surface area contributed by atoms with E-state index < -0.39 is 0 Å². The molecule has 7 nitrogen and oxygen atoms in total. The Morgan fingerprint density at radius 3 is 2.60 bits per heavy atom. The van der Waals surface area contributed by atoms with Crippen LogP contribution < -0.4 is 11.3 Å². The molecule has 8 heteroatoms. The minimum absolute atomic E-state index is 0.0468. The van der Waals surface area contributed by atoms with Gasteiger partial charge in [-0.25, -0.2) is 4.98 Å². The third kappa shape index (κ3) is 4.84. The minimum Gasteiger partial charge on any atom is -0.369 e. The standard InChI is InChI=1S/C17H26N4O3S/c1-4-5-13(25-17-19-11(2)10-14(22)20(17)3)16(24)21-8-6-12(7-9-21)15(18)23/h10,12-13H,4-9H2,1-3H3,(H2,18,23). The molecule has 0 aromatic carbocycles. The van der Waals surface area contributed by atoms with Crippen LogP contribution in [0.2, 0.25) is 0 Å². The Balaban J connectivity index is 2.11. The number of aryl methyl sites for hydroxylation is 1. The van der Waals surface area contributed by atoms with E-state index in [1.165, 1.54) is 22.4 Å². The van der Waals surface area contributed by atoms with Gasteiger partial charge in [0.15, 0.2) is 5.16 Å². The molecule has 0 spiro atoms. The topological polar surface area (TPSA) is 98.3 Å².